The summed E-state index contributed by atoms with van der Waals surface area (Å²) in [7, 11) is 0. The quantitative estimate of drug-likeness (QED) is 0.425. The first-order chi connectivity index (χ1) is 15.3. The van der Waals surface area contributed by atoms with Crippen LogP contribution in [0.5, 0.6) is 0 Å². The molecule has 0 unspecified atom stereocenters. The Balaban J connectivity index is 1.63. The summed E-state index contributed by atoms with van der Waals surface area (Å²) in [5.74, 6) is -0.165. The number of nitrogens with zero attached hydrogens (tertiary/aromatic N) is 7. The number of nitrogens with one attached hydrogen (secondary N) is 1. The SMILES string of the molecule is C/C(=N\NC(=O)c1nnn(-c2nonc2N)c1CN1CCCC[C@@H]1C)c1cc(C)sc1C. The molecule has 0 bridgehead atoms. The Morgan fingerprint density at radius 1 is 1.38 bits per heavy atom. The highest BCUT2D eigenvalue weighted by atomic mass is 32.1. The summed E-state index contributed by atoms with van der Waals surface area (Å²) in [5, 5.41) is 20.0. The molecular formula is C20H27N9O2S. The fourth-order valence-electron chi connectivity index (χ4n) is 3.95. The molecule has 0 saturated carbocycles. The van der Waals surface area contributed by atoms with Gasteiger partial charge < -0.3 is 5.73 Å². The van der Waals surface area contributed by atoms with Crippen molar-refractivity contribution in [3.63, 3.8) is 0 Å². The van der Waals surface area contributed by atoms with Gasteiger partial charge in [-0.2, -0.15) is 9.78 Å². The summed E-state index contributed by atoms with van der Waals surface area (Å²) in [4.78, 5) is 17.7. The number of aromatic nitrogens is 5. The molecule has 3 N–H and O–H groups in total. The number of likely N-dealkylation sites (tertiary alicyclic amines) is 1. The van der Waals surface area contributed by atoms with Gasteiger partial charge in [0.15, 0.2) is 5.69 Å². The Kier molecular flexibility index (Phi) is 6.33. The van der Waals surface area contributed by atoms with Crippen molar-refractivity contribution in [3.8, 4) is 5.82 Å². The molecule has 3 aromatic heterocycles. The molecule has 170 valence electrons. The van der Waals surface area contributed by atoms with Crippen molar-refractivity contribution in [2.24, 2.45) is 5.10 Å². The summed E-state index contributed by atoms with van der Waals surface area (Å²) in [5.41, 5.74) is 11.0. The van der Waals surface area contributed by atoms with Crippen molar-refractivity contribution < 1.29 is 9.42 Å². The van der Waals surface area contributed by atoms with E-state index in [9.17, 15) is 4.79 Å². The maximum atomic E-state index is 13.0. The van der Waals surface area contributed by atoms with Gasteiger partial charge in [0.2, 0.25) is 11.6 Å². The lowest BCUT2D eigenvalue weighted by molar-refractivity contribution is 0.0944. The van der Waals surface area contributed by atoms with Gasteiger partial charge in [-0.05, 0) is 63.5 Å². The normalized spacial score (nSPS) is 17.6. The van der Waals surface area contributed by atoms with Crippen LogP contribution in [0.3, 0.4) is 0 Å². The second-order valence-electron chi connectivity index (χ2n) is 8.05. The van der Waals surface area contributed by atoms with E-state index in [-0.39, 0.29) is 17.3 Å². The second kappa shape index (κ2) is 9.17. The lowest BCUT2D eigenvalue weighted by Gasteiger charge is -2.33. The number of anilines is 1. The van der Waals surface area contributed by atoms with Crippen LogP contribution in [0.25, 0.3) is 5.82 Å². The number of thiophene rings is 1. The molecule has 0 aromatic carbocycles. The minimum absolute atomic E-state index is 0.0759. The van der Waals surface area contributed by atoms with E-state index in [0.29, 0.717) is 18.3 Å². The molecule has 0 spiro atoms. The van der Waals surface area contributed by atoms with Gasteiger partial charge in [0, 0.05) is 27.9 Å². The molecule has 3 aromatic rings. The first kappa shape index (κ1) is 22.1. The van der Waals surface area contributed by atoms with Gasteiger partial charge in [0.1, 0.15) is 0 Å². The summed E-state index contributed by atoms with van der Waals surface area (Å²) in [6.45, 7) is 9.52. The zero-order chi connectivity index (χ0) is 22.8. The van der Waals surface area contributed by atoms with Crippen LogP contribution >= 0.6 is 11.3 Å². The Morgan fingerprint density at radius 3 is 2.84 bits per heavy atom. The Hall–Kier alpha value is -3.12. The van der Waals surface area contributed by atoms with E-state index in [2.05, 4.69) is 49.0 Å². The number of amides is 1. The van der Waals surface area contributed by atoms with E-state index in [0.717, 1.165) is 35.5 Å². The van der Waals surface area contributed by atoms with Crippen molar-refractivity contribution in [2.45, 2.75) is 59.5 Å². The van der Waals surface area contributed by atoms with Crippen molar-refractivity contribution in [2.75, 3.05) is 12.3 Å². The largest absolute Gasteiger partial charge is 0.378 e. The predicted molar refractivity (Wildman–Crippen MR) is 121 cm³/mol. The molecule has 1 fully saturated rings. The molecule has 1 atom stereocenters. The van der Waals surface area contributed by atoms with Crippen LogP contribution in [0.1, 0.15) is 64.6 Å². The van der Waals surface area contributed by atoms with Crippen molar-refractivity contribution in [1.29, 1.82) is 0 Å². The third kappa shape index (κ3) is 4.41. The van der Waals surface area contributed by atoms with E-state index < -0.39 is 5.91 Å². The number of nitrogen functional groups attached to an aromatic ring is 1. The van der Waals surface area contributed by atoms with Crippen molar-refractivity contribution in [3.05, 3.63) is 32.8 Å². The number of carbonyl (C=O) groups is 1. The molecule has 1 saturated heterocycles. The average Bonchev–Trinajstić information content (AvgIpc) is 3.45. The molecule has 11 nitrogen and oxygen atoms in total. The summed E-state index contributed by atoms with van der Waals surface area (Å²) >= 11 is 1.70. The van der Waals surface area contributed by atoms with Crippen LogP contribution < -0.4 is 11.2 Å². The molecule has 1 aliphatic heterocycles. The van der Waals surface area contributed by atoms with Crippen LogP contribution in [0.2, 0.25) is 0 Å². The molecule has 0 radical (unpaired) electrons. The number of aryl methyl sites for hydroxylation is 2. The van der Waals surface area contributed by atoms with E-state index >= 15 is 0 Å². The maximum Gasteiger partial charge on any atom is 0.293 e. The minimum atomic E-state index is -0.449. The van der Waals surface area contributed by atoms with E-state index in [1.165, 1.54) is 16.0 Å². The molecule has 4 heterocycles. The lowest BCUT2D eigenvalue weighted by Crippen LogP contribution is -2.38. The first-order valence-electron chi connectivity index (χ1n) is 10.5. The Bertz CT molecular complexity index is 1150. The van der Waals surface area contributed by atoms with Gasteiger partial charge in [-0.1, -0.05) is 11.6 Å². The van der Waals surface area contributed by atoms with Crippen LogP contribution in [0.4, 0.5) is 5.82 Å². The predicted octanol–water partition coefficient (Wildman–Crippen LogP) is 2.44. The maximum absolute atomic E-state index is 13.0. The Labute approximate surface area is 189 Å². The third-order valence-electron chi connectivity index (χ3n) is 5.72. The van der Waals surface area contributed by atoms with Crippen LogP contribution in [-0.2, 0) is 6.54 Å². The van der Waals surface area contributed by atoms with Crippen molar-refractivity contribution in [1.82, 2.24) is 35.6 Å². The molecule has 32 heavy (non-hydrogen) atoms. The van der Waals surface area contributed by atoms with Crippen molar-refractivity contribution >= 4 is 28.8 Å². The van der Waals surface area contributed by atoms with E-state index in [4.69, 9.17) is 10.4 Å². The second-order valence-corrected chi connectivity index (χ2v) is 9.51. The first-order valence-corrected chi connectivity index (χ1v) is 11.4. The number of carbonyl (C=O) groups excluding carboxylic acids is 1. The van der Waals surface area contributed by atoms with Gasteiger partial charge in [-0.15, -0.1) is 16.4 Å². The molecular weight excluding hydrogens is 430 g/mol. The van der Waals surface area contributed by atoms with Gasteiger partial charge in [-0.25, -0.2) is 10.1 Å². The van der Waals surface area contributed by atoms with Crippen LogP contribution in [0, 0.1) is 13.8 Å². The number of nitrogens with two attached hydrogens (primary N) is 1. The fraction of sp³-hybridized carbons (Fsp3) is 0.500. The number of piperidine rings is 1. The molecule has 4 rings (SSSR count). The lowest BCUT2D eigenvalue weighted by atomic mass is 10.0. The van der Waals surface area contributed by atoms with E-state index in [1.54, 1.807) is 11.3 Å². The zero-order valence-electron chi connectivity index (χ0n) is 18.6. The highest BCUT2D eigenvalue weighted by molar-refractivity contribution is 7.12. The highest BCUT2D eigenvalue weighted by Crippen LogP contribution is 2.23. The smallest absolute Gasteiger partial charge is 0.293 e. The minimum Gasteiger partial charge on any atom is -0.378 e. The molecule has 12 heteroatoms. The average molecular weight is 458 g/mol. The summed E-state index contributed by atoms with van der Waals surface area (Å²) in [6, 6.07) is 2.44. The van der Waals surface area contributed by atoms with Gasteiger partial charge in [-0.3, -0.25) is 9.69 Å². The third-order valence-corrected chi connectivity index (χ3v) is 6.69. The standard InChI is InChI=1S/C20H27N9O2S/c1-11-7-5-6-8-28(11)10-16-17(23-27-29(16)19-18(21)25-31-26-19)20(30)24-22-13(3)15-9-12(2)32-14(15)4/h9,11H,5-8,10H2,1-4H3,(H2,21,25)(H,24,30)/b22-13+/t11-/m0/s1. The number of hydrogen-bond acceptors (Lipinski definition) is 10. The van der Waals surface area contributed by atoms with Crippen LogP contribution in [0.15, 0.2) is 15.8 Å². The number of rotatable bonds is 6. The summed E-state index contributed by atoms with van der Waals surface area (Å²) in [6.07, 6.45) is 3.39. The number of hydrazone groups is 1. The summed E-state index contributed by atoms with van der Waals surface area (Å²) < 4.78 is 6.15. The topological polar surface area (TPSA) is 140 Å². The van der Waals surface area contributed by atoms with Crippen LogP contribution in [-0.4, -0.2) is 54.4 Å². The zero-order valence-corrected chi connectivity index (χ0v) is 19.4. The fourth-order valence-corrected chi connectivity index (χ4v) is 4.93. The highest BCUT2D eigenvalue weighted by Gasteiger charge is 2.28. The van der Waals surface area contributed by atoms with E-state index in [1.807, 2.05) is 20.8 Å². The molecule has 1 amide bonds. The van der Waals surface area contributed by atoms with Gasteiger partial charge in [0.25, 0.3) is 5.91 Å². The number of hydrogen-bond donors (Lipinski definition) is 2. The van der Waals surface area contributed by atoms with Gasteiger partial charge in [0.05, 0.1) is 11.4 Å². The monoisotopic (exact) mass is 457 g/mol. The molecule has 0 aliphatic carbocycles. The van der Waals surface area contributed by atoms with Gasteiger partial charge >= 0.3 is 0 Å². The Morgan fingerprint density at radius 2 is 2.19 bits per heavy atom. The molecule has 1 aliphatic rings.